The monoisotopic (exact) mass is 449 g/mol. The smallest absolute Gasteiger partial charge is 0.341 e. The van der Waals surface area contributed by atoms with Crippen molar-refractivity contribution in [1.82, 2.24) is 0 Å². The Bertz CT molecular complexity index is 1080. The first-order chi connectivity index (χ1) is 15.5. The second kappa shape index (κ2) is 11.3. The van der Waals surface area contributed by atoms with E-state index in [9.17, 15) is 9.59 Å². The van der Waals surface area contributed by atoms with Crippen molar-refractivity contribution in [1.29, 1.82) is 0 Å². The maximum absolute atomic E-state index is 12.7. The Morgan fingerprint density at radius 3 is 2.31 bits per heavy atom. The van der Waals surface area contributed by atoms with Crippen molar-refractivity contribution in [2.45, 2.75) is 27.2 Å². The number of thiophene rings is 1. The van der Waals surface area contributed by atoms with Crippen molar-refractivity contribution in [3.05, 3.63) is 76.7 Å². The van der Waals surface area contributed by atoms with Crippen molar-refractivity contribution in [3.8, 4) is 16.9 Å². The number of hydrogen-bond acceptors (Lipinski definition) is 5. The molecule has 0 aliphatic carbocycles. The van der Waals surface area contributed by atoms with Crippen LogP contribution in [0, 0.1) is 0 Å². The van der Waals surface area contributed by atoms with Crippen LogP contribution in [-0.4, -0.2) is 25.1 Å². The molecule has 0 fully saturated rings. The molecule has 1 amide bonds. The van der Waals surface area contributed by atoms with Crippen LogP contribution < -0.4 is 10.1 Å². The van der Waals surface area contributed by atoms with Crippen LogP contribution in [0.1, 0.15) is 42.3 Å². The van der Waals surface area contributed by atoms with Gasteiger partial charge < -0.3 is 14.8 Å². The van der Waals surface area contributed by atoms with E-state index in [1.165, 1.54) is 23.0 Å². The minimum Gasteiger partial charge on any atom is -0.494 e. The minimum absolute atomic E-state index is 0.258. The van der Waals surface area contributed by atoms with E-state index in [0.717, 1.165) is 28.9 Å². The minimum atomic E-state index is -0.450. The number of ether oxygens (including phenoxy) is 2. The van der Waals surface area contributed by atoms with Crippen LogP contribution in [0.2, 0.25) is 0 Å². The van der Waals surface area contributed by atoms with E-state index >= 15 is 0 Å². The first-order valence-electron chi connectivity index (χ1n) is 10.7. The highest BCUT2D eigenvalue weighted by Crippen LogP contribution is 2.36. The van der Waals surface area contributed by atoms with Gasteiger partial charge in [0.05, 0.1) is 13.2 Å². The number of aryl methyl sites for hydroxylation is 1. The average Bonchev–Trinajstić information content (AvgIpc) is 3.22. The van der Waals surface area contributed by atoms with Crippen LogP contribution in [0.4, 0.5) is 5.00 Å². The molecule has 2 aromatic carbocycles. The fourth-order valence-electron chi connectivity index (χ4n) is 3.16. The summed E-state index contributed by atoms with van der Waals surface area (Å²) in [6, 6.07) is 15.5. The molecule has 0 atom stereocenters. The number of benzene rings is 2. The predicted molar refractivity (Wildman–Crippen MR) is 130 cm³/mol. The zero-order valence-electron chi connectivity index (χ0n) is 18.5. The lowest BCUT2D eigenvalue weighted by molar-refractivity contribution is -0.111. The van der Waals surface area contributed by atoms with Crippen LogP contribution in [0.25, 0.3) is 17.2 Å². The van der Waals surface area contributed by atoms with E-state index in [2.05, 4.69) is 12.2 Å². The maximum atomic E-state index is 12.7. The molecule has 3 aromatic rings. The molecule has 1 heterocycles. The van der Waals surface area contributed by atoms with Gasteiger partial charge in [-0.1, -0.05) is 43.3 Å². The van der Waals surface area contributed by atoms with Gasteiger partial charge in [-0.2, -0.15) is 0 Å². The SMILES string of the molecule is CCOC(=O)c1c(-c2ccc(CC)cc2)csc1NC(=O)C=Cc1ccc(OCC)cc1. The van der Waals surface area contributed by atoms with Gasteiger partial charge in [0.15, 0.2) is 0 Å². The van der Waals surface area contributed by atoms with E-state index in [0.29, 0.717) is 17.2 Å². The van der Waals surface area contributed by atoms with E-state index < -0.39 is 5.97 Å². The summed E-state index contributed by atoms with van der Waals surface area (Å²) in [5, 5.41) is 5.18. The number of anilines is 1. The van der Waals surface area contributed by atoms with E-state index in [-0.39, 0.29) is 12.5 Å². The maximum Gasteiger partial charge on any atom is 0.341 e. The molecule has 0 saturated heterocycles. The van der Waals surface area contributed by atoms with Gasteiger partial charge in [0.1, 0.15) is 16.3 Å². The fourth-order valence-corrected chi connectivity index (χ4v) is 4.12. The zero-order chi connectivity index (χ0) is 22.9. The second-order valence-electron chi connectivity index (χ2n) is 6.95. The standard InChI is InChI=1S/C26H27NO4S/c1-4-18-7-12-20(13-8-18)22-17-32-25(24(22)26(29)31-6-3)27-23(28)16-11-19-9-14-21(15-10-19)30-5-2/h7-17H,4-6H2,1-3H3,(H,27,28). The van der Waals surface area contributed by atoms with Gasteiger partial charge in [0.2, 0.25) is 5.91 Å². The summed E-state index contributed by atoms with van der Waals surface area (Å²) in [7, 11) is 0. The molecule has 166 valence electrons. The lowest BCUT2D eigenvalue weighted by Gasteiger charge is -2.08. The Balaban J connectivity index is 1.80. The van der Waals surface area contributed by atoms with Crippen molar-refractivity contribution in [2.24, 2.45) is 0 Å². The molecule has 0 spiro atoms. The Morgan fingerprint density at radius 1 is 0.969 bits per heavy atom. The number of hydrogen-bond donors (Lipinski definition) is 1. The van der Waals surface area contributed by atoms with Crippen molar-refractivity contribution < 1.29 is 19.1 Å². The number of esters is 1. The Morgan fingerprint density at radius 2 is 1.69 bits per heavy atom. The summed E-state index contributed by atoms with van der Waals surface area (Å²) in [5.74, 6) is 0.0135. The van der Waals surface area contributed by atoms with Crippen LogP contribution in [-0.2, 0) is 16.0 Å². The molecular weight excluding hydrogens is 422 g/mol. The van der Waals surface area contributed by atoms with Gasteiger partial charge in [0.25, 0.3) is 0 Å². The first kappa shape index (κ1) is 23.3. The molecule has 0 bridgehead atoms. The lowest BCUT2D eigenvalue weighted by atomic mass is 10.0. The van der Waals surface area contributed by atoms with Gasteiger partial charge in [-0.3, -0.25) is 4.79 Å². The summed E-state index contributed by atoms with van der Waals surface area (Å²) in [6.45, 7) is 6.65. The van der Waals surface area contributed by atoms with E-state index in [1.807, 2.05) is 60.8 Å². The molecule has 1 aromatic heterocycles. The zero-order valence-corrected chi connectivity index (χ0v) is 19.3. The molecule has 1 N–H and O–H groups in total. The van der Waals surface area contributed by atoms with Crippen LogP contribution >= 0.6 is 11.3 Å². The molecule has 0 saturated carbocycles. The third-order valence-electron chi connectivity index (χ3n) is 4.80. The number of rotatable bonds is 9. The van der Waals surface area contributed by atoms with Crippen LogP contribution in [0.15, 0.2) is 60.0 Å². The topological polar surface area (TPSA) is 64.6 Å². The Labute approximate surface area is 192 Å². The molecule has 0 unspecified atom stereocenters. The number of amides is 1. The van der Waals surface area contributed by atoms with Gasteiger partial charge in [0, 0.05) is 17.0 Å². The van der Waals surface area contributed by atoms with Crippen molar-refractivity contribution in [3.63, 3.8) is 0 Å². The molecule has 0 aliphatic rings. The average molecular weight is 450 g/mol. The fraction of sp³-hybridized carbons (Fsp3) is 0.231. The highest BCUT2D eigenvalue weighted by atomic mass is 32.1. The van der Waals surface area contributed by atoms with Gasteiger partial charge in [-0.05, 0) is 55.2 Å². The van der Waals surface area contributed by atoms with Gasteiger partial charge in [-0.25, -0.2) is 4.79 Å². The molecule has 5 nitrogen and oxygen atoms in total. The van der Waals surface area contributed by atoms with Gasteiger partial charge in [-0.15, -0.1) is 11.3 Å². The molecule has 0 aliphatic heterocycles. The highest BCUT2D eigenvalue weighted by molar-refractivity contribution is 7.15. The third-order valence-corrected chi connectivity index (χ3v) is 5.69. The first-order valence-corrected chi connectivity index (χ1v) is 11.5. The number of carbonyl (C=O) groups excluding carboxylic acids is 2. The summed E-state index contributed by atoms with van der Waals surface area (Å²) >= 11 is 1.31. The summed E-state index contributed by atoms with van der Waals surface area (Å²) in [5.41, 5.74) is 4.13. The molecular formula is C26H27NO4S. The normalized spacial score (nSPS) is 10.8. The van der Waals surface area contributed by atoms with E-state index in [4.69, 9.17) is 9.47 Å². The summed E-state index contributed by atoms with van der Waals surface area (Å²) < 4.78 is 10.7. The highest BCUT2D eigenvalue weighted by Gasteiger charge is 2.22. The van der Waals surface area contributed by atoms with Crippen LogP contribution in [0.5, 0.6) is 5.75 Å². The van der Waals surface area contributed by atoms with Crippen molar-refractivity contribution in [2.75, 3.05) is 18.5 Å². The Hall–Kier alpha value is -3.38. The largest absolute Gasteiger partial charge is 0.494 e. The third kappa shape index (κ3) is 5.86. The quantitative estimate of drug-likeness (QED) is 0.312. The lowest BCUT2D eigenvalue weighted by Crippen LogP contribution is -2.12. The second-order valence-corrected chi connectivity index (χ2v) is 7.83. The predicted octanol–water partition coefficient (Wildman–Crippen LogP) is 6.20. The van der Waals surface area contributed by atoms with Crippen molar-refractivity contribution >= 4 is 34.3 Å². The summed E-state index contributed by atoms with van der Waals surface area (Å²) in [6.07, 6.45) is 4.10. The molecule has 6 heteroatoms. The van der Waals surface area contributed by atoms with E-state index in [1.54, 1.807) is 13.0 Å². The Kier molecular flexibility index (Phi) is 8.22. The molecule has 3 rings (SSSR count). The summed E-state index contributed by atoms with van der Waals surface area (Å²) in [4.78, 5) is 25.2. The molecule has 32 heavy (non-hydrogen) atoms. The van der Waals surface area contributed by atoms with Crippen LogP contribution in [0.3, 0.4) is 0 Å². The number of carbonyl (C=O) groups is 2. The van der Waals surface area contributed by atoms with Gasteiger partial charge >= 0.3 is 5.97 Å². The number of nitrogens with one attached hydrogen (secondary N) is 1. The molecule has 0 radical (unpaired) electrons.